The summed E-state index contributed by atoms with van der Waals surface area (Å²) in [6.45, 7) is 3.80. The van der Waals surface area contributed by atoms with Crippen LogP contribution in [0.4, 0.5) is 0 Å². The van der Waals surface area contributed by atoms with E-state index >= 15 is 0 Å². The lowest BCUT2D eigenvalue weighted by atomic mass is 9.66. The number of carbonyl (C=O) groups is 1. The van der Waals surface area contributed by atoms with Gasteiger partial charge in [-0.1, -0.05) is 13.3 Å². The molecule has 0 atom stereocenters. The van der Waals surface area contributed by atoms with Gasteiger partial charge in [-0.15, -0.1) is 0 Å². The number of hydrogen-bond donors (Lipinski definition) is 2. The number of hydrogen-bond acceptors (Lipinski definition) is 3. The van der Waals surface area contributed by atoms with Gasteiger partial charge in [-0.2, -0.15) is 0 Å². The van der Waals surface area contributed by atoms with Crippen LogP contribution in [0.1, 0.15) is 39.0 Å². The molecule has 4 heteroatoms. The molecule has 0 bridgehead atoms. The minimum Gasteiger partial charge on any atom is -0.394 e. The van der Waals surface area contributed by atoms with Gasteiger partial charge in [-0.25, -0.2) is 0 Å². The van der Waals surface area contributed by atoms with Gasteiger partial charge in [0.05, 0.1) is 13.2 Å². The maximum atomic E-state index is 11.9. The Kier molecular flexibility index (Phi) is 5.77. The van der Waals surface area contributed by atoms with Crippen LogP contribution in [0.2, 0.25) is 0 Å². The Bertz CT molecular complexity index is 209. The van der Waals surface area contributed by atoms with Gasteiger partial charge in [0.25, 0.3) is 0 Å². The highest BCUT2D eigenvalue weighted by atomic mass is 16.5. The fourth-order valence-corrected chi connectivity index (χ4v) is 2.07. The summed E-state index contributed by atoms with van der Waals surface area (Å²) in [4.78, 5) is 11.9. The van der Waals surface area contributed by atoms with Crippen molar-refractivity contribution in [3.8, 4) is 0 Å². The van der Waals surface area contributed by atoms with Crippen LogP contribution in [0.5, 0.6) is 0 Å². The smallest absolute Gasteiger partial charge is 0.226 e. The molecule has 0 aromatic rings. The van der Waals surface area contributed by atoms with E-state index in [2.05, 4.69) is 12.2 Å². The maximum Gasteiger partial charge on any atom is 0.226 e. The lowest BCUT2D eigenvalue weighted by Crippen LogP contribution is -2.45. The maximum absolute atomic E-state index is 11.9. The second-order valence-electron chi connectivity index (χ2n) is 4.43. The quantitative estimate of drug-likeness (QED) is 0.612. The molecule has 16 heavy (non-hydrogen) atoms. The Balaban J connectivity index is 2.06. The number of amides is 1. The van der Waals surface area contributed by atoms with Gasteiger partial charge in [-0.3, -0.25) is 4.79 Å². The molecule has 94 valence electrons. The van der Waals surface area contributed by atoms with Crippen molar-refractivity contribution in [2.45, 2.75) is 39.0 Å². The van der Waals surface area contributed by atoms with Crippen LogP contribution in [0.15, 0.2) is 0 Å². The first-order chi connectivity index (χ1) is 7.75. The fraction of sp³-hybridized carbons (Fsp3) is 0.917. The molecule has 0 unspecified atom stereocenters. The molecule has 2 N–H and O–H groups in total. The molecule has 1 aliphatic rings. The molecule has 4 nitrogen and oxygen atoms in total. The summed E-state index contributed by atoms with van der Waals surface area (Å²) >= 11 is 0. The molecule has 1 amide bonds. The zero-order valence-electron chi connectivity index (χ0n) is 10.1. The number of ether oxygens (including phenoxy) is 1. The van der Waals surface area contributed by atoms with E-state index < -0.39 is 0 Å². The lowest BCUT2D eigenvalue weighted by molar-refractivity contribution is -0.136. The Hall–Kier alpha value is -0.610. The van der Waals surface area contributed by atoms with Crippen molar-refractivity contribution < 1.29 is 14.6 Å². The van der Waals surface area contributed by atoms with E-state index in [-0.39, 0.29) is 17.9 Å². The van der Waals surface area contributed by atoms with Gasteiger partial charge in [-0.05, 0) is 25.7 Å². The van der Waals surface area contributed by atoms with Crippen molar-refractivity contribution in [2.24, 2.45) is 5.41 Å². The summed E-state index contributed by atoms with van der Waals surface area (Å²) in [5, 5.41) is 11.5. The van der Waals surface area contributed by atoms with Crippen molar-refractivity contribution in [3.63, 3.8) is 0 Å². The van der Waals surface area contributed by atoms with Crippen LogP contribution >= 0.6 is 0 Å². The molecule has 1 fully saturated rings. The largest absolute Gasteiger partial charge is 0.394 e. The molecular weight excluding hydrogens is 206 g/mol. The van der Waals surface area contributed by atoms with Crippen LogP contribution < -0.4 is 5.32 Å². The van der Waals surface area contributed by atoms with Gasteiger partial charge < -0.3 is 15.2 Å². The van der Waals surface area contributed by atoms with E-state index in [1.54, 1.807) is 0 Å². The highest BCUT2D eigenvalue weighted by Crippen LogP contribution is 2.43. The van der Waals surface area contributed by atoms with E-state index in [1.807, 2.05) is 0 Å². The van der Waals surface area contributed by atoms with Gasteiger partial charge in [0.15, 0.2) is 0 Å². The molecule has 1 aliphatic carbocycles. The zero-order chi connectivity index (χ0) is 11.9. The van der Waals surface area contributed by atoms with Gasteiger partial charge in [0.2, 0.25) is 5.91 Å². The second-order valence-corrected chi connectivity index (χ2v) is 4.43. The van der Waals surface area contributed by atoms with Gasteiger partial charge in [0, 0.05) is 18.6 Å². The third-order valence-electron chi connectivity index (χ3n) is 3.46. The number of rotatable bonds is 8. The molecule has 0 aromatic carbocycles. The van der Waals surface area contributed by atoms with Crippen molar-refractivity contribution in [1.29, 1.82) is 0 Å². The van der Waals surface area contributed by atoms with Crippen molar-refractivity contribution in [1.82, 2.24) is 5.32 Å². The Labute approximate surface area is 97.4 Å². The van der Waals surface area contributed by atoms with E-state index in [0.717, 1.165) is 25.7 Å². The highest BCUT2D eigenvalue weighted by Gasteiger charge is 2.41. The first kappa shape index (κ1) is 13.5. The first-order valence-electron chi connectivity index (χ1n) is 6.22. The predicted octanol–water partition coefficient (Wildman–Crippen LogP) is 1.08. The predicted molar refractivity (Wildman–Crippen MR) is 62.1 cm³/mol. The summed E-state index contributed by atoms with van der Waals surface area (Å²) in [7, 11) is 0. The fourth-order valence-electron chi connectivity index (χ4n) is 2.07. The van der Waals surface area contributed by atoms with Crippen LogP contribution in [0.25, 0.3) is 0 Å². The standard InChI is InChI=1S/C12H23NO3/c1-2-12(5-3-6-12)11(15)13-7-4-9-16-10-8-14/h14H,2-10H2,1H3,(H,13,15). The third kappa shape index (κ3) is 3.46. The number of aliphatic hydroxyl groups is 1. The second kappa shape index (κ2) is 6.86. The van der Waals surface area contributed by atoms with Crippen LogP contribution in [-0.2, 0) is 9.53 Å². The summed E-state index contributed by atoms with van der Waals surface area (Å²) in [6, 6.07) is 0. The van der Waals surface area contributed by atoms with E-state index in [9.17, 15) is 4.79 Å². The number of carbonyl (C=O) groups excluding carboxylic acids is 1. The lowest BCUT2D eigenvalue weighted by Gasteiger charge is -2.39. The van der Waals surface area contributed by atoms with Crippen molar-refractivity contribution in [3.05, 3.63) is 0 Å². The van der Waals surface area contributed by atoms with E-state index in [1.165, 1.54) is 6.42 Å². The monoisotopic (exact) mass is 229 g/mol. The zero-order valence-corrected chi connectivity index (χ0v) is 10.1. The van der Waals surface area contributed by atoms with Crippen molar-refractivity contribution >= 4 is 5.91 Å². The minimum atomic E-state index is -0.0635. The molecule has 0 spiro atoms. The number of aliphatic hydroxyl groups excluding tert-OH is 1. The molecular formula is C12H23NO3. The summed E-state index contributed by atoms with van der Waals surface area (Å²) < 4.78 is 5.12. The Morgan fingerprint density at radius 2 is 2.19 bits per heavy atom. The molecule has 1 rings (SSSR count). The van der Waals surface area contributed by atoms with E-state index in [0.29, 0.717) is 19.8 Å². The summed E-state index contributed by atoms with van der Waals surface area (Å²) in [5.41, 5.74) is -0.0635. The minimum absolute atomic E-state index is 0.0608. The number of nitrogens with one attached hydrogen (secondary N) is 1. The molecule has 0 heterocycles. The van der Waals surface area contributed by atoms with Gasteiger partial charge in [0.1, 0.15) is 0 Å². The SMILES string of the molecule is CCC1(C(=O)NCCCOCCO)CCC1. The first-order valence-corrected chi connectivity index (χ1v) is 6.22. The molecule has 0 radical (unpaired) electrons. The van der Waals surface area contributed by atoms with Gasteiger partial charge >= 0.3 is 0 Å². The van der Waals surface area contributed by atoms with Crippen LogP contribution in [-0.4, -0.2) is 37.4 Å². The third-order valence-corrected chi connectivity index (χ3v) is 3.46. The van der Waals surface area contributed by atoms with E-state index in [4.69, 9.17) is 9.84 Å². The molecule has 1 saturated carbocycles. The average Bonchev–Trinajstić information content (AvgIpc) is 2.22. The summed E-state index contributed by atoms with van der Waals surface area (Å²) in [5.74, 6) is 0.211. The Morgan fingerprint density at radius 3 is 2.69 bits per heavy atom. The van der Waals surface area contributed by atoms with Crippen LogP contribution in [0.3, 0.4) is 0 Å². The topological polar surface area (TPSA) is 58.6 Å². The van der Waals surface area contributed by atoms with Crippen molar-refractivity contribution in [2.75, 3.05) is 26.4 Å². The average molecular weight is 229 g/mol. The highest BCUT2D eigenvalue weighted by molar-refractivity contribution is 5.83. The molecule has 0 aliphatic heterocycles. The normalized spacial score (nSPS) is 17.9. The summed E-state index contributed by atoms with van der Waals surface area (Å²) in [6.07, 6.45) is 5.01. The Morgan fingerprint density at radius 1 is 1.44 bits per heavy atom. The molecule has 0 saturated heterocycles. The van der Waals surface area contributed by atoms with Crippen LogP contribution in [0, 0.1) is 5.41 Å². The molecule has 0 aromatic heterocycles.